The molecule has 2 aromatic carbocycles. The summed E-state index contributed by atoms with van der Waals surface area (Å²) in [4.78, 5) is 12.8. The summed E-state index contributed by atoms with van der Waals surface area (Å²) in [5.74, 6) is 0. The highest BCUT2D eigenvalue weighted by molar-refractivity contribution is 5.33. The van der Waals surface area contributed by atoms with Gasteiger partial charge in [-0.3, -0.25) is 15.0 Å². The molecule has 3 rings (SSSR count). The molecule has 4 heteroatoms. The molecule has 1 fully saturated rings. The van der Waals surface area contributed by atoms with Crippen LogP contribution in [-0.4, -0.2) is 22.4 Å². The number of nitro groups is 1. The van der Waals surface area contributed by atoms with Gasteiger partial charge in [0.15, 0.2) is 0 Å². The van der Waals surface area contributed by atoms with Crippen molar-refractivity contribution in [3.05, 3.63) is 75.8 Å². The van der Waals surface area contributed by atoms with Crippen LogP contribution >= 0.6 is 0 Å². The van der Waals surface area contributed by atoms with Crippen LogP contribution in [0.25, 0.3) is 0 Å². The van der Waals surface area contributed by atoms with Gasteiger partial charge < -0.3 is 0 Å². The molecule has 1 aliphatic carbocycles. The first-order chi connectivity index (χ1) is 10.7. The van der Waals surface area contributed by atoms with Crippen LogP contribution in [0, 0.1) is 10.1 Å². The average Bonchev–Trinajstić information content (AvgIpc) is 3.37. The SMILES string of the molecule is O=[N+]([O-])c1ccc(CCN(Cc2ccccc2)C2CC2)cc1. The molecule has 0 aromatic heterocycles. The van der Waals surface area contributed by atoms with Gasteiger partial charge in [-0.2, -0.15) is 0 Å². The van der Waals surface area contributed by atoms with E-state index in [4.69, 9.17) is 0 Å². The van der Waals surface area contributed by atoms with E-state index in [1.54, 1.807) is 12.1 Å². The highest BCUT2D eigenvalue weighted by atomic mass is 16.6. The number of hydrogen-bond donors (Lipinski definition) is 0. The predicted octanol–water partition coefficient (Wildman–Crippen LogP) is 3.80. The van der Waals surface area contributed by atoms with Crippen molar-refractivity contribution in [2.45, 2.75) is 31.8 Å². The molecule has 0 amide bonds. The Bertz CT molecular complexity index is 621. The average molecular weight is 296 g/mol. The van der Waals surface area contributed by atoms with Gasteiger partial charge in [0.1, 0.15) is 0 Å². The molecular formula is C18H20N2O2. The fraction of sp³-hybridized carbons (Fsp3) is 0.333. The minimum absolute atomic E-state index is 0.159. The topological polar surface area (TPSA) is 46.4 Å². The Morgan fingerprint density at radius 1 is 1.00 bits per heavy atom. The van der Waals surface area contributed by atoms with Gasteiger partial charge in [0.05, 0.1) is 4.92 Å². The third-order valence-corrected chi connectivity index (χ3v) is 4.13. The lowest BCUT2D eigenvalue weighted by molar-refractivity contribution is -0.384. The van der Waals surface area contributed by atoms with Crippen LogP contribution in [0.5, 0.6) is 0 Å². The Morgan fingerprint density at radius 2 is 1.68 bits per heavy atom. The summed E-state index contributed by atoms with van der Waals surface area (Å²) in [6, 6.07) is 18.2. The van der Waals surface area contributed by atoms with E-state index < -0.39 is 0 Å². The van der Waals surface area contributed by atoms with Crippen LogP contribution in [0.1, 0.15) is 24.0 Å². The van der Waals surface area contributed by atoms with Gasteiger partial charge in [0.2, 0.25) is 0 Å². The van der Waals surface area contributed by atoms with E-state index >= 15 is 0 Å². The number of non-ortho nitro benzene ring substituents is 1. The molecule has 2 aromatic rings. The molecule has 0 spiro atoms. The molecule has 1 aliphatic rings. The van der Waals surface area contributed by atoms with E-state index in [1.807, 2.05) is 18.2 Å². The summed E-state index contributed by atoms with van der Waals surface area (Å²) >= 11 is 0. The van der Waals surface area contributed by atoms with E-state index in [9.17, 15) is 10.1 Å². The monoisotopic (exact) mass is 296 g/mol. The fourth-order valence-electron chi connectivity index (χ4n) is 2.71. The van der Waals surface area contributed by atoms with Gasteiger partial charge in [-0.1, -0.05) is 42.5 Å². The zero-order chi connectivity index (χ0) is 15.4. The first-order valence-electron chi connectivity index (χ1n) is 7.74. The van der Waals surface area contributed by atoms with Crippen molar-refractivity contribution in [1.29, 1.82) is 0 Å². The van der Waals surface area contributed by atoms with E-state index in [0.29, 0.717) is 6.04 Å². The molecular weight excluding hydrogens is 276 g/mol. The summed E-state index contributed by atoms with van der Waals surface area (Å²) in [6.07, 6.45) is 3.50. The Labute approximate surface area is 130 Å². The van der Waals surface area contributed by atoms with Gasteiger partial charge in [-0.25, -0.2) is 0 Å². The molecule has 0 bridgehead atoms. The van der Waals surface area contributed by atoms with E-state index in [-0.39, 0.29) is 10.6 Å². The number of hydrogen-bond acceptors (Lipinski definition) is 3. The fourth-order valence-corrected chi connectivity index (χ4v) is 2.71. The Balaban J connectivity index is 1.58. The van der Waals surface area contributed by atoms with Gasteiger partial charge in [0, 0.05) is 31.3 Å². The number of nitro benzene ring substituents is 1. The van der Waals surface area contributed by atoms with Gasteiger partial charge in [-0.05, 0) is 30.4 Å². The minimum atomic E-state index is -0.352. The van der Waals surface area contributed by atoms with E-state index in [1.165, 1.54) is 18.4 Å². The Kier molecular flexibility index (Phi) is 4.49. The zero-order valence-corrected chi connectivity index (χ0v) is 12.5. The summed E-state index contributed by atoms with van der Waals surface area (Å²) in [5.41, 5.74) is 2.66. The van der Waals surface area contributed by atoms with Gasteiger partial charge in [0.25, 0.3) is 5.69 Å². The molecule has 0 atom stereocenters. The maximum absolute atomic E-state index is 10.7. The van der Waals surface area contributed by atoms with Crippen LogP contribution in [0.4, 0.5) is 5.69 Å². The lowest BCUT2D eigenvalue weighted by Crippen LogP contribution is -2.27. The summed E-state index contributed by atoms with van der Waals surface area (Å²) in [6.45, 7) is 1.98. The van der Waals surface area contributed by atoms with Crippen LogP contribution in [0.15, 0.2) is 54.6 Å². The summed E-state index contributed by atoms with van der Waals surface area (Å²) in [5, 5.41) is 10.7. The van der Waals surface area contributed by atoms with Crippen molar-refractivity contribution in [2.24, 2.45) is 0 Å². The predicted molar refractivity (Wildman–Crippen MR) is 86.7 cm³/mol. The second-order valence-electron chi connectivity index (χ2n) is 5.86. The normalized spacial score (nSPS) is 14.2. The first kappa shape index (κ1) is 14.7. The van der Waals surface area contributed by atoms with Crippen molar-refractivity contribution in [1.82, 2.24) is 4.90 Å². The third kappa shape index (κ3) is 3.92. The van der Waals surface area contributed by atoms with Crippen LogP contribution < -0.4 is 0 Å². The van der Waals surface area contributed by atoms with Crippen molar-refractivity contribution >= 4 is 5.69 Å². The number of nitrogens with zero attached hydrogens (tertiary/aromatic N) is 2. The quantitative estimate of drug-likeness (QED) is 0.576. The van der Waals surface area contributed by atoms with Crippen molar-refractivity contribution in [3.8, 4) is 0 Å². The molecule has 1 saturated carbocycles. The molecule has 0 aliphatic heterocycles. The Hall–Kier alpha value is -2.20. The third-order valence-electron chi connectivity index (χ3n) is 4.13. The van der Waals surface area contributed by atoms with Crippen molar-refractivity contribution in [2.75, 3.05) is 6.54 Å². The van der Waals surface area contributed by atoms with Crippen LogP contribution in [-0.2, 0) is 13.0 Å². The van der Waals surface area contributed by atoms with E-state index in [2.05, 4.69) is 29.2 Å². The molecule has 0 saturated heterocycles. The number of rotatable bonds is 7. The Morgan fingerprint density at radius 3 is 2.27 bits per heavy atom. The van der Waals surface area contributed by atoms with Crippen LogP contribution in [0.3, 0.4) is 0 Å². The molecule has 0 N–H and O–H groups in total. The van der Waals surface area contributed by atoms with Gasteiger partial charge in [-0.15, -0.1) is 0 Å². The maximum atomic E-state index is 10.7. The lowest BCUT2D eigenvalue weighted by atomic mass is 10.1. The zero-order valence-electron chi connectivity index (χ0n) is 12.5. The summed E-state index contributed by atoms with van der Waals surface area (Å²) in [7, 11) is 0. The van der Waals surface area contributed by atoms with Gasteiger partial charge >= 0.3 is 0 Å². The molecule has 4 nitrogen and oxygen atoms in total. The molecule has 0 radical (unpaired) electrons. The highest BCUT2D eigenvalue weighted by Crippen LogP contribution is 2.28. The maximum Gasteiger partial charge on any atom is 0.269 e. The van der Waals surface area contributed by atoms with Crippen molar-refractivity contribution < 1.29 is 4.92 Å². The minimum Gasteiger partial charge on any atom is -0.296 e. The smallest absolute Gasteiger partial charge is 0.269 e. The standard InChI is InChI=1S/C18H20N2O2/c21-20(22)18-8-6-15(7-9-18)12-13-19(17-10-11-17)14-16-4-2-1-3-5-16/h1-9,17H,10-14H2. The second kappa shape index (κ2) is 6.71. The van der Waals surface area contributed by atoms with Crippen molar-refractivity contribution in [3.63, 3.8) is 0 Å². The highest BCUT2D eigenvalue weighted by Gasteiger charge is 2.28. The largest absolute Gasteiger partial charge is 0.296 e. The summed E-state index contributed by atoms with van der Waals surface area (Å²) < 4.78 is 0. The first-order valence-corrected chi connectivity index (χ1v) is 7.74. The second-order valence-corrected chi connectivity index (χ2v) is 5.86. The van der Waals surface area contributed by atoms with E-state index in [0.717, 1.165) is 25.1 Å². The molecule has 0 unspecified atom stereocenters. The lowest BCUT2D eigenvalue weighted by Gasteiger charge is -2.22. The van der Waals surface area contributed by atoms with Crippen LogP contribution in [0.2, 0.25) is 0 Å². The molecule has 22 heavy (non-hydrogen) atoms. The molecule has 0 heterocycles. The number of benzene rings is 2. The molecule has 114 valence electrons.